The summed E-state index contributed by atoms with van der Waals surface area (Å²) in [6.07, 6.45) is 7.66. The fourth-order valence-corrected chi connectivity index (χ4v) is 3.85. The van der Waals surface area contributed by atoms with E-state index in [2.05, 4.69) is 15.2 Å². The summed E-state index contributed by atoms with van der Waals surface area (Å²) in [4.78, 5) is 20.9. The molecule has 2 aliphatic heterocycles. The summed E-state index contributed by atoms with van der Waals surface area (Å²) < 4.78 is 1.84. The Bertz CT molecular complexity index is 733. The Balaban J connectivity index is 1.43. The van der Waals surface area contributed by atoms with Gasteiger partial charge >= 0.3 is 6.03 Å². The van der Waals surface area contributed by atoms with Crippen molar-refractivity contribution < 1.29 is 4.79 Å². The second-order valence-electron chi connectivity index (χ2n) is 6.34. The number of imidazole rings is 1. The van der Waals surface area contributed by atoms with Crippen LogP contribution in [-0.4, -0.2) is 57.6 Å². The van der Waals surface area contributed by atoms with Gasteiger partial charge in [-0.15, -0.1) is 0 Å². The van der Waals surface area contributed by atoms with Crippen molar-refractivity contribution in [3.8, 4) is 5.69 Å². The fraction of sp³-hybridized carbons (Fsp3) is 0.412. The maximum absolute atomic E-state index is 12.5. The van der Waals surface area contributed by atoms with E-state index in [1.54, 1.807) is 18.6 Å². The number of amides is 2. The third-order valence-corrected chi connectivity index (χ3v) is 5.16. The molecule has 2 fully saturated rings. The molecule has 1 unspecified atom stereocenters. The summed E-state index contributed by atoms with van der Waals surface area (Å²) in [6.45, 7) is 3.74. The number of aromatic nitrogens is 2. The molecular formula is C17H20ClN5O. The summed E-state index contributed by atoms with van der Waals surface area (Å²) in [5.74, 6) is 0. The standard InChI is InChI=1S/C17H20ClN5O/c18-15-10-13(3-4-16(15)23-7-5-19-12-23)20-17(24)22-9-8-21-6-1-2-14(21)11-22/h3-5,7,10,12,14H,1-2,6,8-9,11H2,(H,20,24). The monoisotopic (exact) mass is 345 g/mol. The van der Waals surface area contributed by atoms with Crippen LogP contribution >= 0.6 is 11.6 Å². The highest BCUT2D eigenvalue weighted by Gasteiger charge is 2.32. The number of benzene rings is 1. The highest BCUT2D eigenvalue weighted by atomic mass is 35.5. The number of hydrogen-bond donors (Lipinski definition) is 1. The van der Waals surface area contributed by atoms with E-state index in [9.17, 15) is 4.79 Å². The van der Waals surface area contributed by atoms with Gasteiger partial charge in [-0.25, -0.2) is 9.78 Å². The van der Waals surface area contributed by atoms with Crippen LogP contribution in [0.2, 0.25) is 5.02 Å². The van der Waals surface area contributed by atoms with Gasteiger partial charge in [-0.2, -0.15) is 0 Å². The van der Waals surface area contributed by atoms with E-state index in [4.69, 9.17) is 11.6 Å². The lowest BCUT2D eigenvalue weighted by Gasteiger charge is -2.37. The lowest BCUT2D eigenvalue weighted by Crippen LogP contribution is -2.53. The van der Waals surface area contributed by atoms with Crippen LogP contribution in [0.5, 0.6) is 0 Å². The molecule has 3 heterocycles. The van der Waals surface area contributed by atoms with Gasteiger partial charge in [0.05, 0.1) is 17.0 Å². The lowest BCUT2D eigenvalue weighted by atomic mass is 10.1. The number of rotatable bonds is 2. The molecule has 0 radical (unpaired) electrons. The van der Waals surface area contributed by atoms with Gasteiger partial charge in [0.25, 0.3) is 0 Å². The number of halogens is 1. The van der Waals surface area contributed by atoms with Gasteiger partial charge in [-0.05, 0) is 37.6 Å². The molecule has 6 nitrogen and oxygen atoms in total. The quantitative estimate of drug-likeness (QED) is 0.910. The third kappa shape index (κ3) is 2.99. The van der Waals surface area contributed by atoms with Crippen molar-refractivity contribution in [3.05, 3.63) is 41.9 Å². The second kappa shape index (κ2) is 6.45. The van der Waals surface area contributed by atoms with Crippen LogP contribution in [0.4, 0.5) is 10.5 Å². The molecule has 0 bridgehead atoms. The summed E-state index contributed by atoms with van der Waals surface area (Å²) in [5, 5.41) is 3.54. The maximum atomic E-state index is 12.5. The SMILES string of the molecule is O=C(Nc1ccc(-n2ccnc2)c(Cl)c1)N1CCN2CCCC2C1. The molecule has 1 atom stereocenters. The molecule has 126 valence electrons. The van der Waals surface area contributed by atoms with E-state index >= 15 is 0 Å². The number of piperazine rings is 1. The van der Waals surface area contributed by atoms with Crippen molar-refractivity contribution in [2.45, 2.75) is 18.9 Å². The van der Waals surface area contributed by atoms with Crippen molar-refractivity contribution in [1.82, 2.24) is 19.4 Å². The van der Waals surface area contributed by atoms with Crippen molar-refractivity contribution in [1.29, 1.82) is 0 Å². The van der Waals surface area contributed by atoms with Crippen LogP contribution in [0.25, 0.3) is 5.69 Å². The predicted molar refractivity (Wildman–Crippen MR) is 93.8 cm³/mol. The van der Waals surface area contributed by atoms with Crippen LogP contribution in [0.15, 0.2) is 36.9 Å². The van der Waals surface area contributed by atoms with Gasteiger partial charge in [0, 0.05) is 43.8 Å². The summed E-state index contributed by atoms with van der Waals surface area (Å²) in [6, 6.07) is 6.00. The highest BCUT2D eigenvalue weighted by molar-refractivity contribution is 6.32. The van der Waals surface area contributed by atoms with Crippen molar-refractivity contribution in [2.75, 3.05) is 31.5 Å². The van der Waals surface area contributed by atoms with E-state index in [-0.39, 0.29) is 6.03 Å². The minimum atomic E-state index is -0.0482. The van der Waals surface area contributed by atoms with E-state index in [0.717, 1.165) is 25.3 Å². The molecule has 2 aliphatic rings. The zero-order valence-corrected chi connectivity index (χ0v) is 14.1. The van der Waals surface area contributed by atoms with Crippen LogP contribution in [0.1, 0.15) is 12.8 Å². The lowest BCUT2D eigenvalue weighted by molar-refractivity contribution is 0.124. The maximum Gasteiger partial charge on any atom is 0.321 e. The van der Waals surface area contributed by atoms with Gasteiger partial charge in [0.1, 0.15) is 0 Å². The Hall–Kier alpha value is -2.05. The molecular weight excluding hydrogens is 326 g/mol. The Kier molecular flexibility index (Phi) is 4.16. The van der Waals surface area contributed by atoms with Crippen molar-refractivity contribution >= 4 is 23.3 Å². The first-order chi connectivity index (χ1) is 11.7. The van der Waals surface area contributed by atoms with Crippen molar-refractivity contribution in [2.24, 2.45) is 0 Å². The smallest absolute Gasteiger partial charge is 0.321 e. The molecule has 0 spiro atoms. The fourth-order valence-electron chi connectivity index (χ4n) is 3.57. The molecule has 1 aromatic heterocycles. The zero-order chi connectivity index (χ0) is 16.5. The van der Waals surface area contributed by atoms with Crippen LogP contribution in [0, 0.1) is 0 Å². The van der Waals surface area contributed by atoms with Gasteiger partial charge in [-0.1, -0.05) is 11.6 Å². The minimum Gasteiger partial charge on any atom is -0.322 e. The first-order valence-corrected chi connectivity index (χ1v) is 8.66. The number of nitrogens with zero attached hydrogens (tertiary/aromatic N) is 4. The first kappa shape index (κ1) is 15.5. The number of hydrogen-bond acceptors (Lipinski definition) is 3. The first-order valence-electron chi connectivity index (χ1n) is 8.28. The number of fused-ring (bicyclic) bond motifs is 1. The second-order valence-corrected chi connectivity index (χ2v) is 6.75. The van der Waals surface area contributed by atoms with Gasteiger partial charge in [0.2, 0.25) is 0 Å². The molecule has 1 aromatic carbocycles. The predicted octanol–water partition coefficient (Wildman–Crippen LogP) is 2.84. The summed E-state index contributed by atoms with van der Waals surface area (Å²) in [7, 11) is 0. The Morgan fingerprint density at radius 1 is 1.29 bits per heavy atom. The van der Waals surface area contributed by atoms with Gasteiger partial charge in [0.15, 0.2) is 0 Å². The van der Waals surface area contributed by atoms with Crippen LogP contribution in [-0.2, 0) is 0 Å². The van der Waals surface area contributed by atoms with Gasteiger partial charge < -0.3 is 14.8 Å². The number of urea groups is 1. The average molecular weight is 346 g/mol. The van der Waals surface area contributed by atoms with E-state index in [0.29, 0.717) is 16.8 Å². The summed E-state index contributed by atoms with van der Waals surface area (Å²) in [5.41, 5.74) is 1.55. The van der Waals surface area contributed by atoms with Crippen LogP contribution < -0.4 is 5.32 Å². The molecule has 1 N–H and O–H groups in total. The number of carbonyl (C=O) groups excluding carboxylic acids is 1. The van der Waals surface area contributed by atoms with Crippen molar-refractivity contribution in [3.63, 3.8) is 0 Å². The number of carbonyl (C=O) groups is 1. The Labute approximate surface area is 146 Å². The van der Waals surface area contributed by atoms with E-state index in [1.165, 1.54) is 19.4 Å². The Morgan fingerprint density at radius 3 is 3.00 bits per heavy atom. The largest absolute Gasteiger partial charge is 0.322 e. The Morgan fingerprint density at radius 2 is 2.21 bits per heavy atom. The average Bonchev–Trinajstić information content (AvgIpc) is 3.25. The normalized spacial score (nSPS) is 20.9. The van der Waals surface area contributed by atoms with Gasteiger partial charge in [-0.3, -0.25) is 4.90 Å². The minimum absolute atomic E-state index is 0.0482. The molecule has 0 saturated carbocycles. The van der Waals surface area contributed by atoms with E-state index in [1.807, 2.05) is 27.8 Å². The topological polar surface area (TPSA) is 53.4 Å². The molecule has 7 heteroatoms. The molecule has 24 heavy (non-hydrogen) atoms. The van der Waals surface area contributed by atoms with Crippen LogP contribution in [0.3, 0.4) is 0 Å². The molecule has 4 rings (SSSR count). The zero-order valence-electron chi connectivity index (χ0n) is 13.4. The molecule has 0 aliphatic carbocycles. The highest BCUT2D eigenvalue weighted by Crippen LogP contribution is 2.25. The number of anilines is 1. The molecule has 2 saturated heterocycles. The number of nitrogens with one attached hydrogen (secondary N) is 1. The molecule has 2 aromatic rings. The molecule has 2 amide bonds. The third-order valence-electron chi connectivity index (χ3n) is 4.86. The summed E-state index contributed by atoms with van der Waals surface area (Å²) >= 11 is 6.34. The van der Waals surface area contributed by atoms with E-state index < -0.39 is 0 Å².